The molecule has 7 nitrogen and oxygen atoms in total. The lowest BCUT2D eigenvalue weighted by molar-refractivity contribution is 0.111. The molecule has 0 saturated carbocycles. The minimum absolute atomic E-state index is 0.347. The summed E-state index contributed by atoms with van der Waals surface area (Å²) in [5, 5.41) is 4.18. The zero-order valence-electron chi connectivity index (χ0n) is 15.3. The molecule has 2 aromatic carbocycles. The predicted molar refractivity (Wildman–Crippen MR) is 110 cm³/mol. The van der Waals surface area contributed by atoms with E-state index in [-0.39, 0.29) is 0 Å². The summed E-state index contributed by atoms with van der Waals surface area (Å²) in [7, 11) is 3.23. The molecular weight excluding hydrogens is 424 g/mol. The number of hydrogen-bond acceptors (Lipinski definition) is 6. The quantitative estimate of drug-likeness (QED) is 0.455. The molecule has 2 aromatic heterocycles. The summed E-state index contributed by atoms with van der Waals surface area (Å²) in [4.78, 5) is 20.4. The zero-order chi connectivity index (χ0) is 19.7. The maximum atomic E-state index is 11.3. The van der Waals surface area contributed by atoms with Crippen LogP contribution in [-0.4, -0.2) is 34.9 Å². The Bertz CT molecular complexity index is 1190. The highest BCUT2D eigenvalue weighted by Gasteiger charge is 2.14. The van der Waals surface area contributed by atoms with Gasteiger partial charge in [0, 0.05) is 34.2 Å². The molecule has 0 unspecified atom stereocenters. The molecule has 4 rings (SSSR count). The number of carbonyl (C=O) groups excluding carboxylic acids is 1. The normalized spacial score (nSPS) is 11.0. The van der Waals surface area contributed by atoms with Gasteiger partial charge in [-0.3, -0.25) is 9.20 Å². The minimum atomic E-state index is 0.347. The SMILES string of the molecule is COc1ccc(CNc2nc3c(Br)cccc3c3nc(C=O)cn23)c(OC)c1. The van der Waals surface area contributed by atoms with E-state index in [0.29, 0.717) is 29.6 Å². The first-order valence-electron chi connectivity index (χ1n) is 8.52. The number of aldehydes is 1. The lowest BCUT2D eigenvalue weighted by Gasteiger charge is -2.13. The number of imidazole rings is 1. The molecule has 1 N–H and O–H groups in total. The summed E-state index contributed by atoms with van der Waals surface area (Å²) >= 11 is 3.54. The van der Waals surface area contributed by atoms with Crippen molar-refractivity contribution < 1.29 is 14.3 Å². The van der Waals surface area contributed by atoms with Gasteiger partial charge in [0.25, 0.3) is 0 Å². The summed E-state index contributed by atoms with van der Waals surface area (Å²) in [6.45, 7) is 0.472. The lowest BCUT2D eigenvalue weighted by atomic mass is 10.2. The molecule has 0 atom stereocenters. The average Bonchev–Trinajstić information content (AvgIpc) is 3.17. The van der Waals surface area contributed by atoms with Crippen molar-refractivity contribution in [1.82, 2.24) is 14.4 Å². The van der Waals surface area contributed by atoms with E-state index in [1.807, 2.05) is 36.4 Å². The molecule has 0 saturated heterocycles. The van der Waals surface area contributed by atoms with Gasteiger partial charge in [0.2, 0.25) is 5.95 Å². The number of methoxy groups -OCH3 is 2. The number of nitrogens with zero attached hydrogens (tertiary/aromatic N) is 3. The van der Waals surface area contributed by atoms with Crippen LogP contribution in [-0.2, 0) is 6.54 Å². The number of rotatable bonds is 6. The van der Waals surface area contributed by atoms with Crippen LogP contribution in [0.5, 0.6) is 11.5 Å². The molecule has 0 aliphatic carbocycles. The van der Waals surface area contributed by atoms with Gasteiger partial charge in [-0.25, -0.2) is 9.97 Å². The molecule has 0 spiro atoms. The second-order valence-corrected chi connectivity index (χ2v) is 6.93. The maximum absolute atomic E-state index is 11.3. The van der Waals surface area contributed by atoms with Crippen LogP contribution in [0.3, 0.4) is 0 Å². The van der Waals surface area contributed by atoms with Crippen LogP contribution in [0.25, 0.3) is 16.6 Å². The molecule has 0 amide bonds. The summed E-state index contributed by atoms with van der Waals surface area (Å²) < 4.78 is 13.3. The van der Waals surface area contributed by atoms with E-state index in [2.05, 4.69) is 26.2 Å². The third-order valence-electron chi connectivity index (χ3n) is 4.45. The van der Waals surface area contributed by atoms with Gasteiger partial charge in [-0.2, -0.15) is 0 Å². The maximum Gasteiger partial charge on any atom is 0.209 e. The second kappa shape index (κ2) is 7.47. The van der Waals surface area contributed by atoms with E-state index in [0.717, 1.165) is 33.0 Å². The molecule has 0 aliphatic rings. The molecule has 28 heavy (non-hydrogen) atoms. The van der Waals surface area contributed by atoms with Gasteiger partial charge < -0.3 is 14.8 Å². The Labute approximate surface area is 169 Å². The van der Waals surface area contributed by atoms with E-state index in [1.165, 1.54) is 0 Å². The molecular formula is C20H17BrN4O3. The Balaban J connectivity index is 1.79. The number of ether oxygens (including phenoxy) is 2. The molecule has 0 fully saturated rings. The molecule has 2 heterocycles. The van der Waals surface area contributed by atoms with Crippen molar-refractivity contribution in [3.63, 3.8) is 0 Å². The molecule has 0 radical (unpaired) electrons. The average molecular weight is 441 g/mol. The Morgan fingerprint density at radius 1 is 1.18 bits per heavy atom. The van der Waals surface area contributed by atoms with Crippen molar-refractivity contribution >= 4 is 44.7 Å². The van der Waals surface area contributed by atoms with Crippen molar-refractivity contribution in [1.29, 1.82) is 0 Å². The standard InChI is InChI=1S/C20H17BrN4O3/c1-27-14-7-6-12(17(8-14)28-2)9-22-20-24-18-15(4-3-5-16(18)21)19-23-13(11-26)10-25(19)20/h3-8,10-11H,9H2,1-2H3,(H,22,24). The van der Waals surface area contributed by atoms with E-state index in [1.54, 1.807) is 24.8 Å². The van der Waals surface area contributed by atoms with Crippen LogP contribution in [0.1, 0.15) is 16.1 Å². The van der Waals surface area contributed by atoms with Crippen molar-refractivity contribution in [2.75, 3.05) is 19.5 Å². The number of anilines is 1. The number of nitrogens with one attached hydrogen (secondary N) is 1. The van der Waals surface area contributed by atoms with Gasteiger partial charge in [0.05, 0.1) is 19.7 Å². The van der Waals surface area contributed by atoms with Gasteiger partial charge in [-0.1, -0.05) is 6.07 Å². The van der Waals surface area contributed by atoms with E-state index >= 15 is 0 Å². The fraction of sp³-hybridized carbons (Fsp3) is 0.150. The monoisotopic (exact) mass is 440 g/mol. The lowest BCUT2D eigenvalue weighted by Crippen LogP contribution is -2.08. The number of carbonyl (C=O) groups is 1. The van der Waals surface area contributed by atoms with Crippen molar-refractivity contribution in [3.8, 4) is 11.5 Å². The number of para-hydroxylation sites is 1. The predicted octanol–water partition coefficient (Wildman–Crippen LogP) is 4.09. The van der Waals surface area contributed by atoms with Crippen LogP contribution >= 0.6 is 15.9 Å². The Morgan fingerprint density at radius 2 is 2.04 bits per heavy atom. The Morgan fingerprint density at radius 3 is 2.79 bits per heavy atom. The third kappa shape index (κ3) is 3.16. The first-order chi connectivity index (χ1) is 13.6. The van der Waals surface area contributed by atoms with Gasteiger partial charge in [0.15, 0.2) is 6.29 Å². The number of aromatic nitrogens is 3. The number of halogens is 1. The third-order valence-corrected chi connectivity index (χ3v) is 5.09. The molecule has 0 bridgehead atoms. The van der Waals surface area contributed by atoms with Gasteiger partial charge in [-0.15, -0.1) is 0 Å². The largest absolute Gasteiger partial charge is 0.497 e. The second-order valence-electron chi connectivity index (χ2n) is 6.08. The number of fused-ring (bicyclic) bond motifs is 3. The van der Waals surface area contributed by atoms with Crippen LogP contribution in [0, 0.1) is 0 Å². The van der Waals surface area contributed by atoms with Crippen molar-refractivity contribution in [2.24, 2.45) is 0 Å². The fourth-order valence-corrected chi connectivity index (χ4v) is 3.53. The first-order valence-corrected chi connectivity index (χ1v) is 9.31. The topological polar surface area (TPSA) is 77.8 Å². The smallest absolute Gasteiger partial charge is 0.209 e. The van der Waals surface area contributed by atoms with E-state index in [4.69, 9.17) is 14.5 Å². The van der Waals surface area contributed by atoms with Gasteiger partial charge in [-0.05, 0) is 40.2 Å². The molecule has 0 aliphatic heterocycles. The summed E-state index contributed by atoms with van der Waals surface area (Å²) in [5.74, 6) is 2.01. The Hall–Kier alpha value is -3.13. The fourth-order valence-electron chi connectivity index (χ4n) is 3.07. The number of benzene rings is 2. The van der Waals surface area contributed by atoms with Crippen LogP contribution < -0.4 is 14.8 Å². The summed E-state index contributed by atoms with van der Waals surface area (Å²) in [6, 6.07) is 11.4. The summed E-state index contributed by atoms with van der Waals surface area (Å²) in [5.41, 5.74) is 2.72. The van der Waals surface area contributed by atoms with E-state index < -0.39 is 0 Å². The van der Waals surface area contributed by atoms with Crippen LogP contribution in [0.2, 0.25) is 0 Å². The molecule has 4 aromatic rings. The van der Waals surface area contributed by atoms with E-state index in [9.17, 15) is 4.79 Å². The minimum Gasteiger partial charge on any atom is -0.497 e. The van der Waals surface area contributed by atoms with Crippen LogP contribution in [0.4, 0.5) is 5.95 Å². The highest BCUT2D eigenvalue weighted by Crippen LogP contribution is 2.29. The first kappa shape index (κ1) is 18.2. The highest BCUT2D eigenvalue weighted by atomic mass is 79.9. The molecule has 8 heteroatoms. The van der Waals surface area contributed by atoms with Crippen LogP contribution in [0.15, 0.2) is 47.1 Å². The zero-order valence-corrected chi connectivity index (χ0v) is 16.9. The van der Waals surface area contributed by atoms with Crippen molar-refractivity contribution in [3.05, 3.63) is 58.3 Å². The number of hydrogen-bond donors (Lipinski definition) is 1. The highest BCUT2D eigenvalue weighted by molar-refractivity contribution is 9.10. The Kier molecular flexibility index (Phi) is 4.87. The van der Waals surface area contributed by atoms with Gasteiger partial charge >= 0.3 is 0 Å². The molecule has 142 valence electrons. The van der Waals surface area contributed by atoms with Gasteiger partial charge in [0.1, 0.15) is 22.8 Å². The van der Waals surface area contributed by atoms with Crippen molar-refractivity contribution in [2.45, 2.75) is 6.54 Å². The summed E-state index contributed by atoms with van der Waals surface area (Å²) in [6.07, 6.45) is 2.40.